The van der Waals surface area contributed by atoms with E-state index in [-0.39, 0.29) is 6.03 Å². The Morgan fingerprint density at radius 3 is 2.81 bits per heavy atom. The molecule has 0 aliphatic carbocycles. The second kappa shape index (κ2) is 7.00. The number of hydrogen-bond acceptors (Lipinski definition) is 3. The van der Waals surface area contributed by atoms with E-state index in [9.17, 15) is 4.79 Å². The number of hydrogen-bond donors (Lipinski definition) is 1. The molecule has 0 spiro atoms. The van der Waals surface area contributed by atoms with Gasteiger partial charge in [0.15, 0.2) is 0 Å². The molecule has 2 amide bonds. The fourth-order valence-corrected chi connectivity index (χ4v) is 4.19. The predicted octanol–water partition coefficient (Wildman–Crippen LogP) is 3.53. The van der Waals surface area contributed by atoms with Gasteiger partial charge in [0.25, 0.3) is 0 Å². The molecule has 4 rings (SSSR count). The molecule has 2 aliphatic heterocycles. The van der Waals surface area contributed by atoms with Gasteiger partial charge in [-0.3, -0.25) is 0 Å². The minimum atomic E-state index is -0.00928. The van der Waals surface area contributed by atoms with E-state index in [0.29, 0.717) is 12.0 Å². The number of likely N-dealkylation sites (tertiary alicyclic amines) is 2. The number of nitrogens with zero attached hydrogens (tertiary/aromatic N) is 2. The Bertz CT molecular complexity index is 807. The normalized spacial score (nSPS) is 22.3. The maximum Gasteiger partial charge on any atom is 0.321 e. The number of ether oxygens (including phenoxy) is 1. The van der Waals surface area contributed by atoms with Gasteiger partial charge in [-0.15, -0.1) is 0 Å². The monoisotopic (exact) mass is 351 g/mol. The number of carbonyl (C=O) groups excluding carboxylic acids is 1. The van der Waals surface area contributed by atoms with Gasteiger partial charge in [-0.2, -0.15) is 0 Å². The highest BCUT2D eigenvalue weighted by molar-refractivity contribution is 5.90. The molecular weight excluding hydrogens is 326 g/mol. The molecule has 2 aromatic carbocycles. The average molecular weight is 351 g/mol. The first-order valence-electron chi connectivity index (χ1n) is 9.15. The molecule has 5 heteroatoms. The van der Waals surface area contributed by atoms with Crippen LogP contribution in [-0.2, 0) is 0 Å². The Hall–Kier alpha value is -2.53. The predicted molar refractivity (Wildman–Crippen MR) is 104 cm³/mol. The largest absolute Gasteiger partial charge is 0.496 e. The lowest BCUT2D eigenvalue weighted by atomic mass is 10.0. The highest BCUT2D eigenvalue weighted by Gasteiger charge is 2.41. The summed E-state index contributed by atoms with van der Waals surface area (Å²) in [6.45, 7) is 2.82. The minimum absolute atomic E-state index is 0.00928. The Morgan fingerprint density at radius 2 is 2.00 bits per heavy atom. The van der Waals surface area contributed by atoms with Crippen LogP contribution in [0, 0.1) is 5.92 Å². The summed E-state index contributed by atoms with van der Waals surface area (Å²) in [5, 5.41) is 3.06. The van der Waals surface area contributed by atoms with Gasteiger partial charge in [0.1, 0.15) is 5.75 Å². The zero-order valence-corrected chi connectivity index (χ0v) is 15.3. The first-order valence-corrected chi connectivity index (χ1v) is 9.15. The van der Waals surface area contributed by atoms with Gasteiger partial charge in [-0.05, 0) is 49.7 Å². The topological polar surface area (TPSA) is 44.8 Å². The fraction of sp³-hybridized carbons (Fsp3) is 0.381. The van der Waals surface area contributed by atoms with Gasteiger partial charge in [0.2, 0.25) is 0 Å². The van der Waals surface area contributed by atoms with E-state index in [1.54, 1.807) is 7.11 Å². The van der Waals surface area contributed by atoms with Crippen molar-refractivity contribution in [2.45, 2.75) is 12.5 Å². The summed E-state index contributed by atoms with van der Waals surface area (Å²) in [4.78, 5) is 17.0. The number of anilines is 1. The SMILES string of the molecule is COc1ccccc1-c1cccc(NC(=O)N2C[C@@H]3CCN(C)[C@@H]3C2)c1. The lowest BCUT2D eigenvalue weighted by Gasteiger charge is -2.21. The molecule has 0 unspecified atom stereocenters. The van der Waals surface area contributed by atoms with Crippen LogP contribution in [-0.4, -0.2) is 55.7 Å². The van der Waals surface area contributed by atoms with Crippen LogP contribution in [0.2, 0.25) is 0 Å². The summed E-state index contributed by atoms with van der Waals surface area (Å²) >= 11 is 0. The molecular formula is C21H25N3O2. The number of amides is 2. The Kier molecular flexibility index (Phi) is 4.55. The molecule has 0 aromatic heterocycles. The number of likely N-dealkylation sites (N-methyl/N-ethyl adjacent to an activating group) is 1. The molecule has 2 aliphatic rings. The fourth-order valence-electron chi connectivity index (χ4n) is 4.19. The Morgan fingerprint density at radius 1 is 1.15 bits per heavy atom. The van der Waals surface area contributed by atoms with Crippen LogP contribution in [0.5, 0.6) is 5.75 Å². The lowest BCUT2D eigenvalue weighted by molar-refractivity contribution is 0.213. The van der Waals surface area contributed by atoms with E-state index >= 15 is 0 Å². The maximum absolute atomic E-state index is 12.7. The average Bonchev–Trinajstić information content (AvgIpc) is 3.24. The minimum Gasteiger partial charge on any atom is -0.496 e. The third kappa shape index (κ3) is 3.15. The smallest absolute Gasteiger partial charge is 0.321 e. The first-order chi connectivity index (χ1) is 12.7. The quantitative estimate of drug-likeness (QED) is 0.920. The van der Waals surface area contributed by atoms with Gasteiger partial charge in [-0.1, -0.05) is 30.3 Å². The number of carbonyl (C=O) groups is 1. The first kappa shape index (κ1) is 16.9. The third-order valence-electron chi connectivity index (χ3n) is 5.64. The molecule has 0 bridgehead atoms. The van der Waals surface area contributed by atoms with Crippen molar-refractivity contribution in [3.05, 3.63) is 48.5 Å². The molecule has 2 aromatic rings. The van der Waals surface area contributed by atoms with Crippen LogP contribution in [0.3, 0.4) is 0 Å². The van der Waals surface area contributed by atoms with Gasteiger partial charge >= 0.3 is 6.03 Å². The van der Waals surface area contributed by atoms with Crippen molar-refractivity contribution in [2.75, 3.05) is 39.1 Å². The van der Waals surface area contributed by atoms with E-state index in [1.165, 1.54) is 6.42 Å². The van der Waals surface area contributed by atoms with Crippen molar-refractivity contribution < 1.29 is 9.53 Å². The number of nitrogens with one attached hydrogen (secondary N) is 1. The summed E-state index contributed by atoms with van der Waals surface area (Å²) in [5.74, 6) is 1.44. The molecule has 2 saturated heterocycles. The number of fused-ring (bicyclic) bond motifs is 1. The summed E-state index contributed by atoms with van der Waals surface area (Å²) in [7, 11) is 3.83. The van der Waals surface area contributed by atoms with Gasteiger partial charge in [0, 0.05) is 30.4 Å². The van der Waals surface area contributed by atoms with Crippen molar-refractivity contribution in [3.63, 3.8) is 0 Å². The standard InChI is InChI=1S/C21H25N3O2/c1-23-11-10-16-13-24(14-19(16)23)21(25)22-17-7-5-6-15(12-17)18-8-3-4-9-20(18)26-2/h3-9,12,16,19H,10-11,13-14H2,1-2H3,(H,22,25)/t16-,19+/m0/s1. The molecule has 26 heavy (non-hydrogen) atoms. The van der Waals surface area contributed by atoms with Gasteiger partial charge in [-0.25, -0.2) is 4.79 Å². The van der Waals surface area contributed by atoms with E-state index < -0.39 is 0 Å². The Labute approximate surface area is 154 Å². The molecule has 0 radical (unpaired) electrons. The van der Waals surface area contributed by atoms with E-state index in [2.05, 4.69) is 17.3 Å². The van der Waals surface area contributed by atoms with Gasteiger partial charge < -0.3 is 19.9 Å². The summed E-state index contributed by atoms with van der Waals surface area (Å²) in [5.41, 5.74) is 2.85. The van der Waals surface area contributed by atoms with E-state index in [4.69, 9.17) is 4.74 Å². The van der Waals surface area contributed by atoms with Crippen molar-refractivity contribution in [3.8, 4) is 16.9 Å². The molecule has 2 fully saturated rings. The zero-order chi connectivity index (χ0) is 18.1. The number of methoxy groups -OCH3 is 1. The van der Waals surface area contributed by atoms with E-state index in [0.717, 1.165) is 42.2 Å². The van der Waals surface area contributed by atoms with Crippen molar-refractivity contribution in [1.82, 2.24) is 9.80 Å². The van der Waals surface area contributed by atoms with Gasteiger partial charge in [0.05, 0.1) is 7.11 Å². The second-order valence-corrected chi connectivity index (χ2v) is 7.21. The van der Waals surface area contributed by atoms with Crippen molar-refractivity contribution in [2.24, 2.45) is 5.92 Å². The van der Waals surface area contributed by atoms with Crippen LogP contribution in [0.25, 0.3) is 11.1 Å². The number of urea groups is 1. The number of para-hydroxylation sites is 1. The number of benzene rings is 2. The van der Waals surface area contributed by atoms with Crippen LogP contribution >= 0.6 is 0 Å². The summed E-state index contributed by atoms with van der Waals surface area (Å²) in [6, 6.07) is 16.3. The Balaban J connectivity index is 1.48. The van der Waals surface area contributed by atoms with Crippen molar-refractivity contribution in [1.29, 1.82) is 0 Å². The third-order valence-corrected chi connectivity index (χ3v) is 5.64. The molecule has 136 valence electrons. The van der Waals surface area contributed by atoms with Crippen molar-refractivity contribution >= 4 is 11.7 Å². The lowest BCUT2D eigenvalue weighted by Crippen LogP contribution is -2.37. The van der Waals surface area contributed by atoms with Crippen LogP contribution in [0.15, 0.2) is 48.5 Å². The summed E-state index contributed by atoms with van der Waals surface area (Å²) in [6.07, 6.45) is 1.19. The molecule has 2 heterocycles. The molecule has 5 nitrogen and oxygen atoms in total. The summed E-state index contributed by atoms with van der Waals surface area (Å²) < 4.78 is 5.45. The molecule has 0 saturated carbocycles. The second-order valence-electron chi connectivity index (χ2n) is 7.21. The number of rotatable bonds is 3. The van der Waals surface area contributed by atoms with E-state index in [1.807, 2.05) is 53.4 Å². The van der Waals surface area contributed by atoms with Crippen LogP contribution < -0.4 is 10.1 Å². The maximum atomic E-state index is 12.7. The zero-order valence-electron chi connectivity index (χ0n) is 15.3. The molecule has 1 N–H and O–H groups in total. The van der Waals surface area contributed by atoms with Crippen LogP contribution in [0.1, 0.15) is 6.42 Å². The van der Waals surface area contributed by atoms with Crippen LogP contribution in [0.4, 0.5) is 10.5 Å². The highest BCUT2D eigenvalue weighted by atomic mass is 16.5. The molecule has 2 atom stereocenters. The highest BCUT2D eigenvalue weighted by Crippen LogP contribution is 2.32.